The van der Waals surface area contributed by atoms with E-state index >= 15 is 0 Å². The van der Waals surface area contributed by atoms with E-state index in [1.54, 1.807) is 0 Å². The minimum absolute atomic E-state index is 0.328. The normalized spacial score (nSPS) is 39.6. The average Bonchev–Trinajstić information content (AvgIpc) is 3.20. The Bertz CT molecular complexity index is 490. The first kappa shape index (κ1) is 13.7. The summed E-state index contributed by atoms with van der Waals surface area (Å²) < 4.78 is 11.6. The molecular weight excluding hydrogens is 266 g/mol. The summed E-state index contributed by atoms with van der Waals surface area (Å²) in [6, 6.07) is 0.470. The summed E-state index contributed by atoms with van der Waals surface area (Å²) in [5.74, 6) is 2.46. The quantitative estimate of drug-likeness (QED) is 0.868. The van der Waals surface area contributed by atoms with Gasteiger partial charge in [-0.05, 0) is 39.2 Å². The number of aromatic nitrogens is 2. The second-order valence-corrected chi connectivity index (χ2v) is 6.85. The zero-order valence-electron chi connectivity index (χ0n) is 12.8. The molecule has 0 radical (unpaired) electrons. The Morgan fingerprint density at radius 3 is 2.71 bits per heavy atom. The second-order valence-electron chi connectivity index (χ2n) is 6.85. The molecule has 5 nitrogen and oxygen atoms in total. The number of nitrogens with one attached hydrogen (secondary N) is 1. The Morgan fingerprint density at radius 1 is 1.05 bits per heavy atom. The van der Waals surface area contributed by atoms with Gasteiger partial charge in [0.25, 0.3) is 0 Å². The van der Waals surface area contributed by atoms with Gasteiger partial charge in [0.15, 0.2) is 5.82 Å². The Labute approximate surface area is 125 Å². The topological polar surface area (TPSA) is 60.2 Å². The highest BCUT2D eigenvalue weighted by Crippen LogP contribution is 2.44. The van der Waals surface area contributed by atoms with Crippen molar-refractivity contribution in [1.82, 2.24) is 15.5 Å². The maximum Gasteiger partial charge on any atom is 0.231 e. The Hall–Kier alpha value is -0.940. The summed E-state index contributed by atoms with van der Waals surface area (Å²) in [6.07, 6.45) is 10.4. The fourth-order valence-electron chi connectivity index (χ4n) is 4.41. The maximum atomic E-state index is 5.92. The number of nitrogens with zero attached hydrogens (tertiary/aromatic N) is 2. The third kappa shape index (κ3) is 2.50. The molecule has 2 aliphatic heterocycles. The van der Waals surface area contributed by atoms with Crippen LogP contribution in [-0.4, -0.2) is 35.4 Å². The van der Waals surface area contributed by atoms with Crippen LogP contribution >= 0.6 is 0 Å². The summed E-state index contributed by atoms with van der Waals surface area (Å²) in [7, 11) is 2.05. The van der Waals surface area contributed by atoms with Crippen molar-refractivity contribution in [2.45, 2.75) is 81.5 Å². The molecule has 3 aliphatic rings. The molecule has 0 amide bonds. The lowest BCUT2D eigenvalue weighted by Crippen LogP contribution is -2.31. The molecule has 3 fully saturated rings. The predicted molar refractivity (Wildman–Crippen MR) is 78.2 cm³/mol. The predicted octanol–water partition coefficient (Wildman–Crippen LogP) is 2.74. The lowest BCUT2D eigenvalue weighted by molar-refractivity contribution is 0.0996. The number of ether oxygens (including phenoxy) is 1. The molecule has 4 rings (SSSR count). The van der Waals surface area contributed by atoms with Crippen molar-refractivity contribution in [2.75, 3.05) is 7.05 Å². The van der Waals surface area contributed by atoms with E-state index in [0.717, 1.165) is 31.0 Å². The van der Waals surface area contributed by atoms with E-state index in [1.807, 2.05) is 7.05 Å². The minimum Gasteiger partial charge on any atom is -0.374 e. The van der Waals surface area contributed by atoms with Crippen LogP contribution in [0.15, 0.2) is 4.52 Å². The highest BCUT2D eigenvalue weighted by molar-refractivity contribution is 5.09. The van der Waals surface area contributed by atoms with Gasteiger partial charge in [0.1, 0.15) is 0 Å². The molecule has 21 heavy (non-hydrogen) atoms. The van der Waals surface area contributed by atoms with Gasteiger partial charge >= 0.3 is 0 Å². The van der Waals surface area contributed by atoms with Crippen LogP contribution in [-0.2, 0) is 4.74 Å². The molecule has 1 saturated carbocycles. The molecular formula is C16H25N3O2. The molecule has 5 heteroatoms. The van der Waals surface area contributed by atoms with Crippen LogP contribution in [0.1, 0.15) is 74.9 Å². The lowest BCUT2D eigenvalue weighted by Gasteiger charge is -2.21. The number of hydrogen-bond donors (Lipinski definition) is 1. The molecule has 3 heterocycles. The molecule has 116 valence electrons. The Balaban J connectivity index is 1.53. The zero-order valence-corrected chi connectivity index (χ0v) is 12.8. The highest BCUT2D eigenvalue weighted by atomic mass is 16.5. The van der Waals surface area contributed by atoms with Gasteiger partial charge in [-0.3, -0.25) is 0 Å². The average molecular weight is 291 g/mol. The van der Waals surface area contributed by atoms with Gasteiger partial charge in [0, 0.05) is 6.04 Å². The number of likely N-dealkylation sites (N-methyl/N-ethyl adjacent to an activating group) is 1. The van der Waals surface area contributed by atoms with Crippen LogP contribution in [0.5, 0.6) is 0 Å². The van der Waals surface area contributed by atoms with Gasteiger partial charge in [0.05, 0.1) is 24.0 Å². The molecule has 1 aromatic rings. The third-order valence-electron chi connectivity index (χ3n) is 5.60. The van der Waals surface area contributed by atoms with E-state index in [2.05, 4.69) is 10.5 Å². The van der Waals surface area contributed by atoms with E-state index in [0.29, 0.717) is 30.1 Å². The van der Waals surface area contributed by atoms with Crippen LogP contribution in [0.4, 0.5) is 0 Å². The van der Waals surface area contributed by atoms with Crippen LogP contribution in [0.3, 0.4) is 0 Å². The first-order valence-corrected chi connectivity index (χ1v) is 8.51. The van der Waals surface area contributed by atoms with E-state index in [4.69, 9.17) is 14.2 Å². The van der Waals surface area contributed by atoms with Gasteiger partial charge in [-0.1, -0.05) is 24.4 Å². The summed E-state index contributed by atoms with van der Waals surface area (Å²) in [4.78, 5) is 4.78. The molecule has 2 saturated heterocycles. The number of rotatable bonds is 3. The molecule has 0 spiro atoms. The van der Waals surface area contributed by atoms with Crippen molar-refractivity contribution in [3.8, 4) is 0 Å². The second kappa shape index (κ2) is 5.69. The molecule has 0 aromatic carbocycles. The van der Waals surface area contributed by atoms with E-state index < -0.39 is 0 Å². The monoisotopic (exact) mass is 291 g/mol. The van der Waals surface area contributed by atoms with Crippen molar-refractivity contribution in [1.29, 1.82) is 0 Å². The summed E-state index contributed by atoms with van der Waals surface area (Å²) in [5, 5.41) is 7.74. The van der Waals surface area contributed by atoms with Crippen LogP contribution in [0.2, 0.25) is 0 Å². The lowest BCUT2D eigenvalue weighted by atomic mass is 9.88. The van der Waals surface area contributed by atoms with Crippen molar-refractivity contribution < 1.29 is 9.26 Å². The van der Waals surface area contributed by atoms with Crippen LogP contribution in [0, 0.1) is 0 Å². The van der Waals surface area contributed by atoms with E-state index in [1.165, 1.54) is 32.1 Å². The summed E-state index contributed by atoms with van der Waals surface area (Å²) in [6.45, 7) is 0. The Morgan fingerprint density at radius 2 is 1.95 bits per heavy atom. The van der Waals surface area contributed by atoms with Gasteiger partial charge in [-0.15, -0.1) is 0 Å². The van der Waals surface area contributed by atoms with E-state index in [-0.39, 0.29) is 0 Å². The van der Waals surface area contributed by atoms with Gasteiger partial charge in [0.2, 0.25) is 5.89 Å². The zero-order chi connectivity index (χ0) is 14.2. The summed E-state index contributed by atoms with van der Waals surface area (Å²) >= 11 is 0. The van der Waals surface area contributed by atoms with Crippen molar-refractivity contribution in [2.24, 2.45) is 0 Å². The van der Waals surface area contributed by atoms with Crippen molar-refractivity contribution in [3.63, 3.8) is 0 Å². The minimum atomic E-state index is 0.328. The molecule has 1 aliphatic carbocycles. The largest absolute Gasteiger partial charge is 0.374 e. The van der Waals surface area contributed by atoms with Crippen molar-refractivity contribution >= 4 is 0 Å². The molecule has 2 bridgehead atoms. The molecule has 1 aromatic heterocycles. The van der Waals surface area contributed by atoms with E-state index in [9.17, 15) is 0 Å². The smallest absolute Gasteiger partial charge is 0.231 e. The number of hydrogen-bond acceptors (Lipinski definition) is 5. The molecule has 5 unspecified atom stereocenters. The number of fused-ring (bicyclic) bond motifs is 2. The molecule has 5 atom stereocenters. The van der Waals surface area contributed by atoms with Gasteiger partial charge in [-0.2, -0.15) is 4.98 Å². The van der Waals surface area contributed by atoms with Gasteiger partial charge < -0.3 is 14.6 Å². The summed E-state index contributed by atoms with van der Waals surface area (Å²) in [5.41, 5.74) is 0. The van der Waals surface area contributed by atoms with Crippen LogP contribution in [0.25, 0.3) is 0 Å². The van der Waals surface area contributed by atoms with Gasteiger partial charge in [-0.25, -0.2) is 0 Å². The molecule has 1 N–H and O–H groups in total. The van der Waals surface area contributed by atoms with Crippen LogP contribution < -0.4 is 5.32 Å². The SMILES string of the molecule is CNC1CCCCCC1c1nc(C2CC3CCC2O3)no1. The first-order chi connectivity index (χ1) is 10.3. The first-order valence-electron chi connectivity index (χ1n) is 8.51. The fourth-order valence-corrected chi connectivity index (χ4v) is 4.41. The highest BCUT2D eigenvalue weighted by Gasteiger charge is 2.44. The fraction of sp³-hybridized carbons (Fsp3) is 0.875. The Kier molecular flexibility index (Phi) is 3.71. The maximum absolute atomic E-state index is 5.92. The standard InChI is InChI=1S/C16H25N3O2/c1-17-13-6-4-2-3-5-11(13)16-18-15(19-21-16)12-9-10-7-8-14(12)20-10/h10-14,17H,2-9H2,1H3. The van der Waals surface area contributed by atoms with Crippen molar-refractivity contribution in [3.05, 3.63) is 11.7 Å². The third-order valence-corrected chi connectivity index (χ3v) is 5.60.